The molecule has 1 unspecified atom stereocenters. The Balaban J connectivity index is 1.49. The van der Waals surface area contributed by atoms with E-state index in [-0.39, 0.29) is 18.2 Å². The zero-order valence-corrected chi connectivity index (χ0v) is 16.2. The number of aryl methyl sites for hydroxylation is 2. The molecule has 1 atom stereocenters. The number of carbonyl (C=O) groups is 2. The Bertz CT molecular complexity index is 1000. The molecule has 0 aliphatic heterocycles. The lowest BCUT2D eigenvalue weighted by Crippen LogP contribution is -2.37. The van der Waals surface area contributed by atoms with Gasteiger partial charge in [-0.2, -0.15) is 0 Å². The largest absolute Gasteiger partial charge is 0.340 e. The highest BCUT2D eigenvalue weighted by Crippen LogP contribution is 2.23. The topological polar surface area (TPSA) is 58.2 Å². The normalized spacial score (nSPS) is 13.4. The van der Waals surface area contributed by atoms with Gasteiger partial charge >= 0.3 is 0 Å². The van der Waals surface area contributed by atoms with E-state index < -0.39 is 6.04 Å². The number of fused-ring (bicyclic) bond motifs is 1. The Labute approximate surface area is 171 Å². The molecule has 0 aromatic heterocycles. The third kappa shape index (κ3) is 4.72. The zero-order chi connectivity index (χ0) is 20.1. The molecule has 0 bridgehead atoms. The predicted octanol–water partition coefficient (Wildman–Crippen LogP) is 4.21. The summed E-state index contributed by atoms with van der Waals surface area (Å²) >= 11 is 0. The summed E-state index contributed by atoms with van der Waals surface area (Å²) in [5, 5.41) is 5.81. The van der Waals surface area contributed by atoms with E-state index in [1.807, 2.05) is 66.7 Å². The van der Waals surface area contributed by atoms with Gasteiger partial charge in [0.25, 0.3) is 5.91 Å². The molecule has 4 rings (SSSR count). The molecule has 0 spiro atoms. The van der Waals surface area contributed by atoms with Crippen molar-refractivity contribution >= 4 is 17.5 Å². The van der Waals surface area contributed by atoms with Crippen molar-refractivity contribution in [2.24, 2.45) is 0 Å². The first-order valence-corrected chi connectivity index (χ1v) is 10.00. The van der Waals surface area contributed by atoms with Gasteiger partial charge in [0.2, 0.25) is 5.91 Å². The van der Waals surface area contributed by atoms with Crippen LogP contribution in [0.15, 0.2) is 78.9 Å². The van der Waals surface area contributed by atoms with Crippen LogP contribution in [0.25, 0.3) is 0 Å². The highest BCUT2D eigenvalue weighted by atomic mass is 16.2. The fraction of sp³-hybridized carbons (Fsp3) is 0.200. The number of anilines is 1. The molecule has 29 heavy (non-hydrogen) atoms. The van der Waals surface area contributed by atoms with Gasteiger partial charge in [0.15, 0.2) is 0 Å². The number of nitrogens with one attached hydrogen (secondary N) is 2. The van der Waals surface area contributed by atoms with Crippen molar-refractivity contribution in [2.45, 2.75) is 31.7 Å². The summed E-state index contributed by atoms with van der Waals surface area (Å²) in [4.78, 5) is 25.7. The lowest BCUT2D eigenvalue weighted by molar-refractivity contribution is -0.126. The number of carbonyl (C=O) groups excluding carboxylic acids is 2. The number of amides is 2. The Morgan fingerprint density at radius 2 is 1.52 bits per heavy atom. The van der Waals surface area contributed by atoms with Crippen LogP contribution in [0, 0.1) is 0 Å². The van der Waals surface area contributed by atoms with Gasteiger partial charge in [-0.25, -0.2) is 0 Å². The molecule has 1 aliphatic carbocycles. The summed E-state index contributed by atoms with van der Waals surface area (Å²) < 4.78 is 0. The predicted molar refractivity (Wildman–Crippen MR) is 115 cm³/mol. The van der Waals surface area contributed by atoms with E-state index in [1.54, 1.807) is 0 Å². The molecule has 4 heteroatoms. The molecule has 1 aliphatic rings. The van der Waals surface area contributed by atoms with Crippen LogP contribution in [0.4, 0.5) is 5.69 Å². The van der Waals surface area contributed by atoms with Crippen molar-refractivity contribution in [3.63, 3.8) is 0 Å². The van der Waals surface area contributed by atoms with Crippen LogP contribution < -0.4 is 10.6 Å². The average molecular weight is 384 g/mol. The van der Waals surface area contributed by atoms with Crippen molar-refractivity contribution in [3.8, 4) is 0 Å². The molecule has 0 fully saturated rings. The van der Waals surface area contributed by atoms with Crippen molar-refractivity contribution < 1.29 is 9.59 Å². The van der Waals surface area contributed by atoms with Crippen LogP contribution in [0.3, 0.4) is 0 Å². The van der Waals surface area contributed by atoms with Crippen LogP contribution in [-0.4, -0.2) is 11.8 Å². The first-order valence-electron chi connectivity index (χ1n) is 10.00. The number of rotatable bonds is 6. The summed E-state index contributed by atoms with van der Waals surface area (Å²) in [6, 6.07) is 24.1. The fourth-order valence-electron chi connectivity index (χ4n) is 3.81. The van der Waals surface area contributed by atoms with Crippen LogP contribution >= 0.6 is 0 Å². The third-order valence-corrected chi connectivity index (χ3v) is 5.27. The Kier molecular flexibility index (Phi) is 5.71. The highest BCUT2D eigenvalue weighted by molar-refractivity contribution is 5.98. The first kappa shape index (κ1) is 18.9. The van der Waals surface area contributed by atoms with E-state index in [0.717, 1.165) is 24.0 Å². The summed E-state index contributed by atoms with van der Waals surface area (Å²) in [7, 11) is 0. The third-order valence-electron chi connectivity index (χ3n) is 5.27. The summed E-state index contributed by atoms with van der Waals surface area (Å²) in [5.74, 6) is -0.426. The Morgan fingerprint density at radius 1 is 0.828 bits per heavy atom. The number of hydrogen-bond donors (Lipinski definition) is 2. The van der Waals surface area contributed by atoms with E-state index in [1.165, 1.54) is 17.5 Å². The highest BCUT2D eigenvalue weighted by Gasteiger charge is 2.23. The molecule has 2 N–H and O–H groups in total. The Hall–Kier alpha value is -3.40. The van der Waals surface area contributed by atoms with Crippen molar-refractivity contribution in [1.82, 2.24) is 5.32 Å². The summed E-state index contributed by atoms with van der Waals surface area (Å²) in [5.41, 5.74) is 5.17. The zero-order valence-electron chi connectivity index (χ0n) is 16.2. The second-order valence-electron chi connectivity index (χ2n) is 7.40. The van der Waals surface area contributed by atoms with E-state index in [9.17, 15) is 9.59 Å². The minimum Gasteiger partial charge on any atom is -0.340 e. The minimum atomic E-state index is -0.752. The SMILES string of the molecule is O=C(Cc1ccc2c(c1)CCC2)NC(C(=O)Nc1ccccc1)c1ccccc1. The molecule has 146 valence electrons. The van der Waals surface area contributed by atoms with Crippen LogP contribution in [-0.2, 0) is 28.9 Å². The standard InChI is InChI=1S/C25H24N2O2/c28-23(17-18-14-15-19-10-7-11-21(19)16-18)27-24(20-8-3-1-4-9-20)25(29)26-22-12-5-2-6-13-22/h1-6,8-9,12-16,24H,7,10-11,17H2,(H,26,29)(H,27,28). The van der Waals surface area contributed by atoms with Crippen molar-refractivity contribution in [2.75, 3.05) is 5.32 Å². The maximum absolute atomic E-state index is 12.9. The van der Waals surface area contributed by atoms with Gasteiger partial charge in [0.1, 0.15) is 6.04 Å². The van der Waals surface area contributed by atoms with E-state index in [0.29, 0.717) is 5.69 Å². The van der Waals surface area contributed by atoms with Gasteiger partial charge in [0, 0.05) is 5.69 Å². The minimum absolute atomic E-state index is 0.167. The summed E-state index contributed by atoms with van der Waals surface area (Å²) in [6.07, 6.45) is 3.64. The van der Waals surface area contributed by atoms with Gasteiger partial charge in [-0.3, -0.25) is 9.59 Å². The van der Waals surface area contributed by atoms with E-state index >= 15 is 0 Å². The molecule has 0 heterocycles. The molecule has 0 saturated heterocycles. The van der Waals surface area contributed by atoms with Crippen LogP contribution in [0.1, 0.15) is 34.7 Å². The molecule has 0 saturated carbocycles. The van der Waals surface area contributed by atoms with E-state index in [4.69, 9.17) is 0 Å². The van der Waals surface area contributed by atoms with Gasteiger partial charge in [-0.15, -0.1) is 0 Å². The second kappa shape index (κ2) is 8.74. The maximum atomic E-state index is 12.9. The maximum Gasteiger partial charge on any atom is 0.251 e. The first-order chi connectivity index (χ1) is 14.2. The monoisotopic (exact) mass is 384 g/mol. The van der Waals surface area contributed by atoms with Gasteiger partial charge in [0.05, 0.1) is 6.42 Å². The lowest BCUT2D eigenvalue weighted by Gasteiger charge is -2.19. The Morgan fingerprint density at radius 3 is 2.28 bits per heavy atom. The molecule has 3 aromatic rings. The van der Waals surface area contributed by atoms with E-state index in [2.05, 4.69) is 22.8 Å². The second-order valence-corrected chi connectivity index (χ2v) is 7.40. The average Bonchev–Trinajstić information content (AvgIpc) is 3.21. The molecule has 4 nitrogen and oxygen atoms in total. The quantitative estimate of drug-likeness (QED) is 0.669. The molecule has 3 aromatic carbocycles. The van der Waals surface area contributed by atoms with Crippen LogP contribution in [0.2, 0.25) is 0 Å². The van der Waals surface area contributed by atoms with Crippen LogP contribution in [0.5, 0.6) is 0 Å². The fourth-order valence-corrected chi connectivity index (χ4v) is 3.81. The molecule has 2 amide bonds. The number of benzene rings is 3. The van der Waals surface area contributed by atoms with Gasteiger partial charge < -0.3 is 10.6 Å². The van der Waals surface area contributed by atoms with Gasteiger partial charge in [-0.05, 0) is 53.6 Å². The van der Waals surface area contributed by atoms with Crippen molar-refractivity contribution in [1.29, 1.82) is 0 Å². The number of hydrogen-bond acceptors (Lipinski definition) is 2. The molecule has 0 radical (unpaired) electrons. The smallest absolute Gasteiger partial charge is 0.251 e. The van der Waals surface area contributed by atoms with Gasteiger partial charge in [-0.1, -0.05) is 66.7 Å². The number of para-hydroxylation sites is 1. The van der Waals surface area contributed by atoms with Crippen molar-refractivity contribution in [3.05, 3.63) is 101 Å². The summed E-state index contributed by atoms with van der Waals surface area (Å²) in [6.45, 7) is 0. The molecular weight excluding hydrogens is 360 g/mol. The molecular formula is C25H24N2O2. The lowest BCUT2D eigenvalue weighted by atomic mass is 10.0.